The van der Waals surface area contributed by atoms with Crippen LogP contribution in [-0.4, -0.2) is 6.18 Å². The summed E-state index contributed by atoms with van der Waals surface area (Å²) in [5.74, 6) is 3.51. The lowest BCUT2D eigenvalue weighted by Crippen LogP contribution is -2.19. The first-order valence-electron chi connectivity index (χ1n) is 6.58. The maximum Gasteiger partial charge on any atom is 0.399 e. The second-order valence-electron chi connectivity index (χ2n) is 4.86. The van der Waals surface area contributed by atoms with Gasteiger partial charge in [0.05, 0.1) is 21.0 Å². The lowest BCUT2D eigenvalue weighted by atomic mass is 9.97. The summed E-state index contributed by atoms with van der Waals surface area (Å²) in [6.07, 6.45) is -2.15. The van der Waals surface area contributed by atoms with Crippen molar-refractivity contribution < 1.29 is 18.0 Å². The Morgan fingerprint density at radius 2 is 1.54 bits per heavy atom. The van der Waals surface area contributed by atoms with Gasteiger partial charge in [0.2, 0.25) is 0 Å². The zero-order valence-electron chi connectivity index (χ0n) is 11.9. The molecule has 0 heterocycles. The third kappa shape index (κ3) is 4.57. The van der Waals surface area contributed by atoms with Gasteiger partial charge in [0.15, 0.2) is 0 Å². The van der Waals surface area contributed by atoms with Gasteiger partial charge >= 0.3 is 6.18 Å². The Morgan fingerprint density at radius 3 is 2.00 bits per heavy atom. The number of hydrogen-bond donors (Lipinski definition) is 1. The molecular weight excluding hydrogens is 386 g/mol. The molecule has 0 bridgehead atoms. The van der Waals surface area contributed by atoms with Crippen LogP contribution in [0, 0.1) is 0 Å². The van der Waals surface area contributed by atoms with E-state index in [4.69, 9.17) is 40.7 Å². The number of benzene rings is 2. The molecule has 2 N–H and O–H groups in total. The topological polar surface area (TPSA) is 35.2 Å². The fourth-order valence-electron chi connectivity index (χ4n) is 2.03. The van der Waals surface area contributed by atoms with Gasteiger partial charge in [-0.25, -0.2) is 0 Å². The Bertz CT molecular complexity index is 722. The molecule has 0 fully saturated rings. The van der Waals surface area contributed by atoms with Gasteiger partial charge in [0.25, 0.3) is 0 Å². The molecule has 2 nitrogen and oxygen atoms in total. The molecule has 2 rings (SSSR count). The highest BCUT2D eigenvalue weighted by atomic mass is 35.5. The fourth-order valence-corrected chi connectivity index (χ4v) is 2.64. The van der Waals surface area contributed by atoms with Crippen molar-refractivity contribution in [2.45, 2.75) is 12.1 Å². The summed E-state index contributed by atoms with van der Waals surface area (Å²) in [7, 11) is 0. The summed E-state index contributed by atoms with van der Waals surface area (Å²) in [6, 6.07) is 8.55. The molecule has 0 saturated heterocycles. The molecule has 0 aromatic heterocycles. The third-order valence-corrected chi connectivity index (χ3v) is 4.41. The van der Waals surface area contributed by atoms with E-state index in [2.05, 4.69) is 4.84 Å². The molecule has 0 radical (unpaired) electrons. The number of alkyl halides is 3. The number of nitrogens with two attached hydrogens (primary N) is 1. The summed E-state index contributed by atoms with van der Waals surface area (Å²) < 4.78 is 40.2. The Labute approximate surface area is 151 Å². The smallest absolute Gasteiger partial charge is 0.399 e. The van der Waals surface area contributed by atoms with Crippen molar-refractivity contribution in [1.82, 2.24) is 0 Å². The molecule has 8 heteroatoms. The highest BCUT2D eigenvalue weighted by Gasteiger charge is 2.39. The van der Waals surface area contributed by atoms with Crippen LogP contribution in [0.4, 0.5) is 13.2 Å². The molecule has 2 aromatic rings. The Kier molecular flexibility index (Phi) is 6.04. The maximum absolute atomic E-state index is 13.4. The van der Waals surface area contributed by atoms with Crippen molar-refractivity contribution in [3.05, 3.63) is 68.7 Å². The summed E-state index contributed by atoms with van der Waals surface area (Å²) in [6.45, 7) is 0. The van der Waals surface area contributed by atoms with E-state index in [9.17, 15) is 13.2 Å². The lowest BCUT2D eigenvalue weighted by molar-refractivity contribution is -0.139. The average Bonchev–Trinajstić information content (AvgIpc) is 2.52. The Hall–Kier alpha value is -1.40. The van der Waals surface area contributed by atoms with E-state index in [0.29, 0.717) is 11.3 Å². The molecule has 1 atom stereocenters. The second kappa shape index (κ2) is 7.66. The molecule has 24 heavy (non-hydrogen) atoms. The number of hydrogen-bond acceptors (Lipinski definition) is 2. The van der Waals surface area contributed by atoms with Gasteiger partial charge in [-0.15, -0.1) is 0 Å². The van der Waals surface area contributed by atoms with E-state index in [1.165, 1.54) is 18.2 Å². The van der Waals surface area contributed by atoms with Crippen molar-refractivity contribution in [2.75, 3.05) is 0 Å². The predicted molar refractivity (Wildman–Crippen MR) is 90.6 cm³/mol. The van der Waals surface area contributed by atoms with Gasteiger partial charge in [0, 0.05) is 0 Å². The van der Waals surface area contributed by atoms with Crippen LogP contribution in [0.5, 0.6) is 5.75 Å². The normalized spacial score (nSPS) is 13.3. The standard InChI is InChI=1S/C16H11Cl3F3NO/c17-13-7-10(8-14(18)15(13)19)12(16(20,21)22)6-3-9-1-4-11(24-23)5-2-9/h1-8,12H,23H2/b6-3+. The van der Waals surface area contributed by atoms with Crippen LogP contribution in [0.25, 0.3) is 6.08 Å². The summed E-state index contributed by atoms with van der Waals surface area (Å²) in [5.41, 5.74) is 0.455. The van der Waals surface area contributed by atoms with Crippen molar-refractivity contribution >= 4 is 40.9 Å². The fraction of sp³-hybridized carbons (Fsp3) is 0.125. The SMILES string of the molecule is NOc1ccc(/C=C/C(c2cc(Cl)c(Cl)c(Cl)c2)C(F)(F)F)cc1. The Balaban J connectivity index is 2.37. The van der Waals surface area contributed by atoms with Crippen molar-refractivity contribution in [1.29, 1.82) is 0 Å². The molecule has 128 valence electrons. The van der Waals surface area contributed by atoms with Crippen molar-refractivity contribution in [3.63, 3.8) is 0 Å². The van der Waals surface area contributed by atoms with Crippen LogP contribution in [-0.2, 0) is 0 Å². The largest absolute Gasteiger partial charge is 0.412 e. The zero-order valence-corrected chi connectivity index (χ0v) is 14.2. The second-order valence-corrected chi connectivity index (χ2v) is 6.06. The van der Waals surface area contributed by atoms with Crippen LogP contribution in [0.15, 0.2) is 42.5 Å². The Morgan fingerprint density at radius 1 is 1.00 bits per heavy atom. The van der Waals surface area contributed by atoms with Gasteiger partial charge in [0.1, 0.15) is 5.75 Å². The molecule has 1 unspecified atom stereocenters. The van der Waals surface area contributed by atoms with Crippen molar-refractivity contribution in [2.24, 2.45) is 5.90 Å². The average molecular weight is 397 g/mol. The van der Waals surface area contributed by atoms with Crippen molar-refractivity contribution in [3.8, 4) is 5.75 Å². The van der Waals surface area contributed by atoms with Crippen LogP contribution in [0.3, 0.4) is 0 Å². The van der Waals surface area contributed by atoms with E-state index < -0.39 is 12.1 Å². The molecular formula is C16H11Cl3F3NO. The first-order chi connectivity index (χ1) is 11.2. The highest BCUT2D eigenvalue weighted by Crippen LogP contribution is 2.41. The van der Waals surface area contributed by atoms with Crippen LogP contribution in [0.2, 0.25) is 15.1 Å². The molecule has 0 aliphatic carbocycles. The van der Waals surface area contributed by atoms with Crippen LogP contribution in [0.1, 0.15) is 17.0 Å². The first-order valence-corrected chi connectivity index (χ1v) is 7.72. The minimum absolute atomic E-state index is 0.0179. The van der Waals surface area contributed by atoms with Gasteiger partial charge < -0.3 is 4.84 Å². The molecule has 0 saturated carbocycles. The van der Waals surface area contributed by atoms with Gasteiger partial charge in [-0.05, 0) is 35.4 Å². The minimum Gasteiger partial charge on any atom is -0.412 e. The number of halogens is 6. The maximum atomic E-state index is 13.4. The minimum atomic E-state index is -4.52. The molecule has 0 spiro atoms. The van der Waals surface area contributed by atoms with Crippen LogP contribution < -0.4 is 10.7 Å². The van der Waals surface area contributed by atoms with Gasteiger partial charge in [-0.3, -0.25) is 0 Å². The molecule has 0 aliphatic heterocycles. The lowest BCUT2D eigenvalue weighted by Gasteiger charge is -2.18. The highest BCUT2D eigenvalue weighted by molar-refractivity contribution is 6.48. The first kappa shape index (κ1) is 18.9. The quantitative estimate of drug-likeness (QED) is 0.489. The number of rotatable bonds is 4. The zero-order chi connectivity index (χ0) is 17.9. The van der Waals surface area contributed by atoms with Gasteiger partial charge in [-0.2, -0.15) is 19.1 Å². The molecule has 0 amide bonds. The monoisotopic (exact) mass is 395 g/mol. The van der Waals surface area contributed by atoms with E-state index >= 15 is 0 Å². The van der Waals surface area contributed by atoms with E-state index in [-0.39, 0.29) is 20.6 Å². The predicted octanol–water partition coefficient (Wildman–Crippen LogP) is 6.26. The summed E-state index contributed by atoms with van der Waals surface area (Å²) in [4.78, 5) is 4.51. The van der Waals surface area contributed by atoms with E-state index in [0.717, 1.165) is 18.2 Å². The van der Waals surface area contributed by atoms with Crippen LogP contribution >= 0.6 is 34.8 Å². The third-order valence-electron chi connectivity index (χ3n) is 3.22. The molecule has 0 aliphatic rings. The van der Waals surface area contributed by atoms with E-state index in [1.54, 1.807) is 12.1 Å². The molecule has 2 aromatic carbocycles. The number of allylic oxidation sites excluding steroid dienone is 1. The van der Waals surface area contributed by atoms with Gasteiger partial charge in [-0.1, -0.05) is 59.1 Å². The summed E-state index contributed by atoms with van der Waals surface area (Å²) in [5, 5.41) is -0.0538. The summed E-state index contributed by atoms with van der Waals surface area (Å²) >= 11 is 17.4. The van der Waals surface area contributed by atoms with E-state index in [1.807, 2.05) is 0 Å².